The molecule has 2 heterocycles. The number of rotatable bonds is 3. The van der Waals surface area contributed by atoms with E-state index in [0.29, 0.717) is 18.7 Å². The van der Waals surface area contributed by atoms with Gasteiger partial charge in [0.1, 0.15) is 6.04 Å². The fourth-order valence-electron chi connectivity index (χ4n) is 2.45. The summed E-state index contributed by atoms with van der Waals surface area (Å²) < 4.78 is 1.53. The van der Waals surface area contributed by atoms with E-state index in [1.54, 1.807) is 11.9 Å². The highest BCUT2D eigenvalue weighted by Gasteiger charge is 2.39. The van der Waals surface area contributed by atoms with E-state index < -0.39 is 5.97 Å². The topological polar surface area (TPSA) is 88.3 Å². The highest BCUT2D eigenvalue weighted by Crippen LogP contribution is 2.42. The van der Waals surface area contributed by atoms with Crippen molar-refractivity contribution in [3.63, 3.8) is 0 Å². The third kappa shape index (κ3) is 1.58. The predicted molar refractivity (Wildman–Crippen MR) is 60.2 cm³/mol. The molecular weight excluding hydrogens is 236 g/mol. The largest absolute Gasteiger partial charge is 0.476 e. The van der Waals surface area contributed by atoms with Gasteiger partial charge < -0.3 is 10.0 Å². The average molecular weight is 250 g/mol. The Bertz CT molecular complexity index is 520. The summed E-state index contributed by atoms with van der Waals surface area (Å²) in [5.74, 6) is -0.884. The second-order valence-corrected chi connectivity index (χ2v) is 4.91. The molecule has 96 valence electrons. The quantitative estimate of drug-likeness (QED) is 0.831. The summed E-state index contributed by atoms with van der Waals surface area (Å²) in [6, 6.07) is -0.383. The number of likely N-dealkylation sites (tertiary alicyclic amines) is 1. The molecule has 2 fully saturated rings. The Morgan fingerprint density at radius 3 is 2.61 bits per heavy atom. The third-order valence-electron chi connectivity index (χ3n) is 3.59. The van der Waals surface area contributed by atoms with Crippen LogP contribution < -0.4 is 0 Å². The summed E-state index contributed by atoms with van der Waals surface area (Å²) in [6.07, 6.45) is 2.56. The van der Waals surface area contributed by atoms with Crippen LogP contribution in [-0.2, 0) is 4.79 Å². The molecular formula is C11H14N4O3. The fourth-order valence-corrected chi connectivity index (χ4v) is 2.45. The van der Waals surface area contributed by atoms with Gasteiger partial charge in [0.15, 0.2) is 5.69 Å². The Morgan fingerprint density at radius 1 is 1.39 bits per heavy atom. The predicted octanol–water partition coefficient (Wildman–Crippen LogP) is 0.257. The minimum Gasteiger partial charge on any atom is -0.476 e. The SMILES string of the molecule is CN1CCC(n2nnc(C(=O)O)c2C2CC2)C1=O. The molecule has 1 N–H and O–H groups in total. The van der Waals surface area contributed by atoms with Gasteiger partial charge in [-0.05, 0) is 19.3 Å². The second-order valence-electron chi connectivity index (χ2n) is 4.91. The number of likely N-dealkylation sites (N-methyl/N-ethyl adjacent to an activating group) is 1. The normalized spacial score (nSPS) is 23.7. The summed E-state index contributed by atoms with van der Waals surface area (Å²) in [5, 5.41) is 16.7. The van der Waals surface area contributed by atoms with Gasteiger partial charge >= 0.3 is 5.97 Å². The van der Waals surface area contributed by atoms with Gasteiger partial charge in [-0.2, -0.15) is 0 Å². The Balaban J connectivity index is 2.02. The Hall–Kier alpha value is -1.92. The minimum atomic E-state index is -1.07. The maximum atomic E-state index is 12.0. The van der Waals surface area contributed by atoms with Crippen molar-refractivity contribution in [2.75, 3.05) is 13.6 Å². The van der Waals surface area contributed by atoms with Crippen molar-refractivity contribution in [2.45, 2.75) is 31.2 Å². The average Bonchev–Trinajstić information content (AvgIpc) is 2.99. The molecule has 1 aromatic heterocycles. The van der Waals surface area contributed by atoms with Crippen LogP contribution in [0, 0.1) is 0 Å². The molecule has 1 aliphatic heterocycles. The van der Waals surface area contributed by atoms with Gasteiger partial charge in [-0.25, -0.2) is 9.48 Å². The molecule has 0 bridgehead atoms. The van der Waals surface area contributed by atoms with E-state index in [-0.39, 0.29) is 23.6 Å². The highest BCUT2D eigenvalue weighted by atomic mass is 16.4. The van der Waals surface area contributed by atoms with Crippen LogP contribution in [0.4, 0.5) is 0 Å². The molecule has 1 atom stereocenters. The van der Waals surface area contributed by atoms with Crippen LogP contribution in [0.2, 0.25) is 0 Å². The molecule has 18 heavy (non-hydrogen) atoms. The van der Waals surface area contributed by atoms with Crippen molar-refractivity contribution in [3.05, 3.63) is 11.4 Å². The molecule has 0 radical (unpaired) electrons. The molecule has 0 aromatic carbocycles. The summed E-state index contributed by atoms with van der Waals surface area (Å²) in [5.41, 5.74) is 0.621. The minimum absolute atomic E-state index is 0.000136. The number of carboxylic acids is 1. The van der Waals surface area contributed by atoms with E-state index in [9.17, 15) is 9.59 Å². The maximum absolute atomic E-state index is 12.0. The van der Waals surface area contributed by atoms with Crippen LogP contribution in [0.5, 0.6) is 0 Å². The maximum Gasteiger partial charge on any atom is 0.358 e. The smallest absolute Gasteiger partial charge is 0.358 e. The van der Waals surface area contributed by atoms with Gasteiger partial charge in [-0.15, -0.1) is 5.10 Å². The highest BCUT2D eigenvalue weighted by molar-refractivity contribution is 5.87. The van der Waals surface area contributed by atoms with Gasteiger partial charge in [0.25, 0.3) is 0 Å². The van der Waals surface area contributed by atoms with E-state index in [0.717, 1.165) is 12.8 Å². The number of amides is 1. The van der Waals surface area contributed by atoms with Crippen molar-refractivity contribution in [2.24, 2.45) is 0 Å². The van der Waals surface area contributed by atoms with Gasteiger partial charge in [-0.3, -0.25) is 4.79 Å². The van der Waals surface area contributed by atoms with Crippen LogP contribution in [-0.4, -0.2) is 50.5 Å². The number of nitrogens with zero attached hydrogens (tertiary/aromatic N) is 4. The lowest BCUT2D eigenvalue weighted by molar-refractivity contribution is -0.129. The Kier molecular flexibility index (Phi) is 2.36. The molecule has 7 nitrogen and oxygen atoms in total. The lowest BCUT2D eigenvalue weighted by atomic mass is 10.2. The van der Waals surface area contributed by atoms with Crippen molar-refractivity contribution >= 4 is 11.9 Å². The molecule has 7 heteroatoms. The van der Waals surface area contributed by atoms with E-state index in [4.69, 9.17) is 5.11 Å². The Morgan fingerprint density at radius 2 is 2.11 bits per heavy atom. The first-order chi connectivity index (χ1) is 8.59. The summed E-state index contributed by atoms with van der Waals surface area (Å²) >= 11 is 0. The number of hydrogen-bond acceptors (Lipinski definition) is 4. The van der Waals surface area contributed by atoms with Crippen LogP contribution in [0.3, 0.4) is 0 Å². The molecule has 1 aromatic rings. The van der Waals surface area contributed by atoms with Crippen molar-refractivity contribution in [1.82, 2.24) is 19.9 Å². The lowest BCUT2D eigenvalue weighted by Gasteiger charge is -2.12. The van der Waals surface area contributed by atoms with Crippen molar-refractivity contribution in [3.8, 4) is 0 Å². The zero-order chi connectivity index (χ0) is 12.9. The fraction of sp³-hybridized carbons (Fsp3) is 0.636. The molecule has 1 amide bonds. The molecule has 1 saturated heterocycles. The second kappa shape index (κ2) is 3.79. The number of aromatic nitrogens is 3. The number of carbonyl (C=O) groups is 2. The summed E-state index contributed by atoms with van der Waals surface area (Å²) in [7, 11) is 1.74. The van der Waals surface area contributed by atoms with Crippen LogP contribution in [0.1, 0.15) is 47.4 Å². The van der Waals surface area contributed by atoms with Gasteiger partial charge in [0.2, 0.25) is 5.91 Å². The zero-order valence-corrected chi connectivity index (χ0v) is 10.0. The zero-order valence-electron chi connectivity index (χ0n) is 10.0. The molecule has 1 aliphatic carbocycles. The summed E-state index contributed by atoms with van der Waals surface area (Å²) in [6.45, 7) is 0.676. The molecule has 1 saturated carbocycles. The van der Waals surface area contributed by atoms with Crippen LogP contribution >= 0.6 is 0 Å². The number of carbonyl (C=O) groups excluding carboxylic acids is 1. The van der Waals surface area contributed by atoms with E-state index >= 15 is 0 Å². The van der Waals surface area contributed by atoms with Gasteiger partial charge in [0.05, 0.1) is 5.69 Å². The van der Waals surface area contributed by atoms with Gasteiger partial charge in [-0.1, -0.05) is 5.21 Å². The molecule has 1 unspecified atom stereocenters. The molecule has 2 aliphatic rings. The first-order valence-electron chi connectivity index (χ1n) is 6.03. The monoisotopic (exact) mass is 250 g/mol. The van der Waals surface area contributed by atoms with Crippen molar-refractivity contribution < 1.29 is 14.7 Å². The van der Waals surface area contributed by atoms with Crippen LogP contribution in [0.25, 0.3) is 0 Å². The number of aromatic carboxylic acids is 1. The van der Waals surface area contributed by atoms with Crippen molar-refractivity contribution in [1.29, 1.82) is 0 Å². The molecule has 3 rings (SSSR count). The van der Waals surface area contributed by atoms with Gasteiger partial charge in [0, 0.05) is 19.5 Å². The standard InChI is InChI=1S/C11H14N4O3/c1-14-5-4-7(10(14)16)15-9(6-2-3-6)8(11(17)18)12-13-15/h6-7H,2-5H2,1H3,(H,17,18). The van der Waals surface area contributed by atoms with E-state index in [1.807, 2.05) is 0 Å². The van der Waals surface area contributed by atoms with E-state index in [1.165, 1.54) is 4.68 Å². The Labute approximate surface area is 103 Å². The molecule has 0 spiro atoms. The van der Waals surface area contributed by atoms with E-state index in [2.05, 4.69) is 10.3 Å². The first kappa shape index (κ1) is 11.2. The first-order valence-corrected chi connectivity index (χ1v) is 6.03. The lowest BCUT2D eigenvalue weighted by Crippen LogP contribution is -2.26. The summed E-state index contributed by atoms with van der Waals surface area (Å²) in [4.78, 5) is 24.7. The third-order valence-corrected chi connectivity index (χ3v) is 3.59. The number of hydrogen-bond donors (Lipinski definition) is 1. The van der Waals surface area contributed by atoms with Crippen LogP contribution in [0.15, 0.2) is 0 Å². The number of carboxylic acid groups (broad SMARTS) is 1.